The summed E-state index contributed by atoms with van der Waals surface area (Å²) in [5.41, 5.74) is 6.39. The SMILES string of the molecule is CC.Cc1ccc[c-]c1C(N)=O.[K+]. The molecule has 0 aliphatic carbocycles. The summed E-state index contributed by atoms with van der Waals surface area (Å²) >= 11 is 0. The van der Waals surface area contributed by atoms with Crippen LogP contribution in [0.3, 0.4) is 0 Å². The smallest absolute Gasteiger partial charge is 0.404 e. The molecule has 2 nitrogen and oxygen atoms in total. The Bertz CT molecular complexity index is 261. The fourth-order valence-electron chi connectivity index (χ4n) is 0.787. The Kier molecular flexibility index (Phi) is 10.8. The third-order valence-electron chi connectivity index (χ3n) is 1.31. The van der Waals surface area contributed by atoms with E-state index >= 15 is 0 Å². The maximum Gasteiger partial charge on any atom is 1.00 e. The molecule has 13 heavy (non-hydrogen) atoms. The fourth-order valence-corrected chi connectivity index (χ4v) is 0.787. The molecule has 0 spiro atoms. The third kappa shape index (κ3) is 5.60. The van der Waals surface area contributed by atoms with Crippen LogP contribution >= 0.6 is 0 Å². The number of aryl methyl sites for hydroxylation is 1. The molecular weight excluding hydrogens is 189 g/mol. The summed E-state index contributed by atoms with van der Waals surface area (Å²) in [6.45, 7) is 5.83. The Morgan fingerprint density at radius 1 is 1.46 bits per heavy atom. The van der Waals surface area contributed by atoms with Crippen LogP contribution in [0.1, 0.15) is 29.8 Å². The first-order chi connectivity index (χ1) is 5.72. The first-order valence-corrected chi connectivity index (χ1v) is 3.99. The van der Waals surface area contributed by atoms with Crippen LogP contribution in [0.5, 0.6) is 0 Å². The molecule has 0 bridgehead atoms. The van der Waals surface area contributed by atoms with Crippen molar-refractivity contribution in [2.45, 2.75) is 20.8 Å². The zero-order valence-corrected chi connectivity index (χ0v) is 11.8. The van der Waals surface area contributed by atoms with Gasteiger partial charge >= 0.3 is 51.4 Å². The zero-order chi connectivity index (χ0) is 9.56. The van der Waals surface area contributed by atoms with Gasteiger partial charge in [-0.1, -0.05) is 26.3 Å². The van der Waals surface area contributed by atoms with E-state index < -0.39 is 5.91 Å². The number of nitrogens with two attached hydrogens (primary N) is 1. The van der Waals surface area contributed by atoms with Crippen LogP contribution in [-0.2, 0) is 0 Å². The largest absolute Gasteiger partial charge is 1.00 e. The van der Waals surface area contributed by atoms with Gasteiger partial charge in [-0.25, -0.2) is 0 Å². The van der Waals surface area contributed by atoms with Crippen LogP contribution in [-0.4, -0.2) is 5.91 Å². The van der Waals surface area contributed by atoms with Gasteiger partial charge in [-0.3, -0.25) is 0 Å². The summed E-state index contributed by atoms with van der Waals surface area (Å²) in [4.78, 5) is 10.6. The number of primary amides is 1. The van der Waals surface area contributed by atoms with Crippen molar-refractivity contribution in [3.05, 3.63) is 35.4 Å². The molecule has 1 amide bonds. The molecule has 0 saturated carbocycles. The van der Waals surface area contributed by atoms with Crippen LogP contribution in [0, 0.1) is 13.0 Å². The van der Waals surface area contributed by atoms with E-state index in [1.54, 1.807) is 6.07 Å². The first kappa shape index (κ1) is 15.8. The van der Waals surface area contributed by atoms with E-state index in [1.807, 2.05) is 32.9 Å². The number of carbonyl (C=O) groups excluding carboxylic acids is 1. The van der Waals surface area contributed by atoms with Crippen LogP contribution in [0.2, 0.25) is 0 Å². The number of hydrogen-bond acceptors (Lipinski definition) is 1. The molecule has 0 unspecified atom stereocenters. The molecule has 0 fully saturated rings. The summed E-state index contributed by atoms with van der Waals surface area (Å²) < 4.78 is 0. The van der Waals surface area contributed by atoms with E-state index in [0.717, 1.165) is 5.56 Å². The van der Waals surface area contributed by atoms with Crippen LogP contribution in [0.4, 0.5) is 0 Å². The molecule has 0 atom stereocenters. The van der Waals surface area contributed by atoms with Gasteiger partial charge in [-0.05, 0) is 0 Å². The van der Waals surface area contributed by atoms with Gasteiger partial charge in [0.1, 0.15) is 0 Å². The Morgan fingerprint density at radius 2 is 2.00 bits per heavy atom. The molecule has 1 aromatic carbocycles. The summed E-state index contributed by atoms with van der Waals surface area (Å²) in [6, 6.07) is 8.09. The van der Waals surface area contributed by atoms with Crippen LogP contribution < -0.4 is 57.1 Å². The average Bonchev–Trinajstić information content (AvgIpc) is 2.08. The summed E-state index contributed by atoms with van der Waals surface area (Å²) in [5, 5.41) is 0. The minimum Gasteiger partial charge on any atom is -0.404 e. The van der Waals surface area contributed by atoms with Gasteiger partial charge in [0, 0.05) is 0 Å². The molecule has 0 saturated heterocycles. The van der Waals surface area contributed by atoms with Crippen molar-refractivity contribution in [3.8, 4) is 0 Å². The number of benzene rings is 1. The Hall–Kier alpha value is 0.326. The molecule has 1 rings (SSSR count). The normalized spacial score (nSPS) is 7.62. The standard InChI is InChI=1S/C8H8NO.C2H6.K/c1-6-4-2-3-5-7(6)8(9)10;1-2;/h2-4H,1H3,(H2,9,10);1-2H3;/q-1;;+1. The van der Waals surface area contributed by atoms with Crippen molar-refractivity contribution in [2.24, 2.45) is 5.73 Å². The topological polar surface area (TPSA) is 43.1 Å². The van der Waals surface area contributed by atoms with Crippen LogP contribution in [0.25, 0.3) is 0 Å². The second-order valence-electron chi connectivity index (χ2n) is 2.09. The molecule has 0 heterocycles. The first-order valence-electron chi connectivity index (χ1n) is 3.99. The predicted octanol–water partition coefficient (Wildman–Crippen LogP) is -1.08. The van der Waals surface area contributed by atoms with Crippen LogP contribution in [0.15, 0.2) is 18.2 Å². The second kappa shape index (κ2) is 8.90. The van der Waals surface area contributed by atoms with Crippen molar-refractivity contribution >= 4 is 5.91 Å². The number of hydrogen-bond donors (Lipinski definition) is 1. The van der Waals surface area contributed by atoms with Gasteiger partial charge in [0.15, 0.2) is 5.91 Å². The van der Waals surface area contributed by atoms with E-state index in [9.17, 15) is 4.79 Å². The van der Waals surface area contributed by atoms with Crippen molar-refractivity contribution in [2.75, 3.05) is 0 Å². The second-order valence-corrected chi connectivity index (χ2v) is 2.09. The fraction of sp³-hybridized carbons (Fsp3) is 0.300. The van der Waals surface area contributed by atoms with Gasteiger partial charge in [-0.15, -0.1) is 29.8 Å². The van der Waals surface area contributed by atoms with Crippen molar-refractivity contribution < 1.29 is 56.2 Å². The monoisotopic (exact) mass is 203 g/mol. The van der Waals surface area contributed by atoms with Crippen molar-refractivity contribution in [1.29, 1.82) is 0 Å². The number of carbonyl (C=O) groups is 1. The van der Waals surface area contributed by atoms with E-state index in [2.05, 4.69) is 6.07 Å². The van der Waals surface area contributed by atoms with Crippen molar-refractivity contribution in [1.82, 2.24) is 0 Å². The minimum atomic E-state index is -0.418. The molecule has 2 N–H and O–H groups in total. The van der Waals surface area contributed by atoms with Gasteiger partial charge in [0.2, 0.25) is 0 Å². The molecule has 0 radical (unpaired) electrons. The van der Waals surface area contributed by atoms with Crippen molar-refractivity contribution in [3.63, 3.8) is 0 Å². The number of amides is 1. The third-order valence-corrected chi connectivity index (χ3v) is 1.31. The van der Waals surface area contributed by atoms with E-state index in [1.165, 1.54) is 0 Å². The van der Waals surface area contributed by atoms with Gasteiger partial charge in [0.05, 0.1) is 0 Å². The predicted molar refractivity (Wildman–Crippen MR) is 49.9 cm³/mol. The molecule has 0 aromatic heterocycles. The maximum atomic E-state index is 10.6. The van der Waals surface area contributed by atoms with Gasteiger partial charge in [0.25, 0.3) is 0 Å². The minimum absolute atomic E-state index is 0. The molecule has 66 valence electrons. The maximum absolute atomic E-state index is 10.6. The summed E-state index contributed by atoms with van der Waals surface area (Å²) in [7, 11) is 0. The molecule has 3 heteroatoms. The molecule has 1 aromatic rings. The molecule has 0 aliphatic heterocycles. The Balaban J connectivity index is 0. The van der Waals surface area contributed by atoms with Gasteiger partial charge in [-0.2, -0.15) is 0 Å². The van der Waals surface area contributed by atoms with E-state index in [-0.39, 0.29) is 51.4 Å². The Labute approximate surface area is 122 Å². The van der Waals surface area contributed by atoms with E-state index in [4.69, 9.17) is 5.73 Å². The summed E-state index contributed by atoms with van der Waals surface area (Å²) in [6.07, 6.45) is 0. The zero-order valence-electron chi connectivity index (χ0n) is 8.72. The van der Waals surface area contributed by atoms with E-state index in [0.29, 0.717) is 5.56 Å². The number of rotatable bonds is 1. The molecular formula is C10H14KNO. The molecule has 0 aliphatic rings. The average molecular weight is 203 g/mol. The Morgan fingerprint density at radius 3 is 2.31 bits per heavy atom. The summed E-state index contributed by atoms with van der Waals surface area (Å²) in [5.74, 6) is -0.418. The van der Waals surface area contributed by atoms with Gasteiger partial charge < -0.3 is 10.5 Å². The quantitative estimate of drug-likeness (QED) is 0.458.